The number of benzene rings is 1. The van der Waals surface area contributed by atoms with Crippen LogP contribution in [0.3, 0.4) is 0 Å². The molecule has 0 unspecified atom stereocenters. The Hall–Kier alpha value is -1.53. The molecular formula is C14H19NO4S. The monoisotopic (exact) mass is 297 g/mol. The number of hydrogen-bond acceptors (Lipinski definition) is 4. The molecule has 0 N–H and O–H groups in total. The summed E-state index contributed by atoms with van der Waals surface area (Å²) in [7, 11) is -2.18. The summed E-state index contributed by atoms with van der Waals surface area (Å²) in [6, 6.07) is 6.04. The molecule has 0 aliphatic rings. The lowest BCUT2D eigenvalue weighted by molar-refractivity contribution is -0.122. The van der Waals surface area contributed by atoms with Crippen molar-refractivity contribution in [2.45, 2.75) is 37.6 Å². The molecule has 0 radical (unpaired) electrons. The molecule has 110 valence electrons. The zero-order valence-corrected chi connectivity index (χ0v) is 12.7. The van der Waals surface area contributed by atoms with Crippen molar-refractivity contribution >= 4 is 22.1 Å². The summed E-state index contributed by atoms with van der Waals surface area (Å²) in [6.07, 6.45) is 0.382. The number of Topliss-reactive ketones (excluding diaryl/α,β-unsaturated/α-hetero) is 1. The van der Waals surface area contributed by atoms with Crippen LogP contribution in [0.15, 0.2) is 29.2 Å². The van der Waals surface area contributed by atoms with Crippen molar-refractivity contribution in [3.8, 4) is 0 Å². The zero-order chi connectivity index (χ0) is 15.3. The quantitative estimate of drug-likeness (QED) is 0.565. The van der Waals surface area contributed by atoms with E-state index in [1.165, 1.54) is 11.4 Å². The van der Waals surface area contributed by atoms with Crippen molar-refractivity contribution in [3.05, 3.63) is 29.8 Å². The SMILES string of the molecule is Cc1ccc(S(=O)(=O)N(C)[C@@H](C)CC(=O)CC=O)cc1. The first-order valence-corrected chi connectivity index (χ1v) is 7.73. The van der Waals surface area contributed by atoms with Gasteiger partial charge < -0.3 is 4.79 Å². The Morgan fingerprint density at radius 3 is 2.35 bits per heavy atom. The molecule has 0 aliphatic heterocycles. The van der Waals surface area contributed by atoms with Gasteiger partial charge in [-0.3, -0.25) is 4.79 Å². The van der Waals surface area contributed by atoms with Gasteiger partial charge in [-0.2, -0.15) is 4.31 Å². The lowest BCUT2D eigenvalue weighted by Crippen LogP contribution is -2.36. The Kier molecular flexibility index (Phi) is 5.59. The van der Waals surface area contributed by atoms with Crippen molar-refractivity contribution in [1.29, 1.82) is 0 Å². The summed E-state index contributed by atoms with van der Waals surface area (Å²) >= 11 is 0. The highest BCUT2D eigenvalue weighted by molar-refractivity contribution is 7.89. The van der Waals surface area contributed by atoms with E-state index in [9.17, 15) is 18.0 Å². The number of aryl methyl sites for hydroxylation is 1. The molecule has 0 bridgehead atoms. The van der Waals surface area contributed by atoms with Gasteiger partial charge in [0.25, 0.3) is 0 Å². The van der Waals surface area contributed by atoms with Gasteiger partial charge in [-0.25, -0.2) is 8.42 Å². The predicted molar refractivity (Wildman–Crippen MR) is 75.9 cm³/mol. The highest BCUT2D eigenvalue weighted by Gasteiger charge is 2.26. The minimum absolute atomic E-state index is 0.0281. The van der Waals surface area contributed by atoms with E-state index in [1.807, 2.05) is 6.92 Å². The van der Waals surface area contributed by atoms with Crippen LogP contribution in [0, 0.1) is 6.92 Å². The van der Waals surface area contributed by atoms with Gasteiger partial charge in [-0.05, 0) is 26.0 Å². The lowest BCUT2D eigenvalue weighted by Gasteiger charge is -2.23. The van der Waals surface area contributed by atoms with Gasteiger partial charge >= 0.3 is 0 Å². The van der Waals surface area contributed by atoms with E-state index in [0.29, 0.717) is 6.29 Å². The summed E-state index contributed by atoms with van der Waals surface area (Å²) in [5.74, 6) is -0.265. The third kappa shape index (κ3) is 3.98. The first kappa shape index (κ1) is 16.5. The van der Waals surface area contributed by atoms with Gasteiger partial charge in [0.1, 0.15) is 12.1 Å². The van der Waals surface area contributed by atoms with Gasteiger partial charge in [0.2, 0.25) is 10.0 Å². The Bertz CT molecular complexity index is 578. The molecule has 0 aliphatic carbocycles. The van der Waals surface area contributed by atoms with Crippen LogP contribution in [0.5, 0.6) is 0 Å². The molecule has 0 aromatic heterocycles. The number of aldehydes is 1. The van der Waals surface area contributed by atoms with Crippen LogP contribution in [-0.4, -0.2) is 37.9 Å². The molecule has 0 fully saturated rings. The molecule has 1 rings (SSSR count). The van der Waals surface area contributed by atoms with Crippen molar-refractivity contribution in [2.24, 2.45) is 0 Å². The number of rotatable bonds is 7. The minimum Gasteiger partial charge on any atom is -0.303 e. The minimum atomic E-state index is -3.62. The molecule has 1 aromatic rings. The molecule has 0 spiro atoms. The van der Waals surface area contributed by atoms with E-state index in [-0.39, 0.29) is 23.5 Å². The summed E-state index contributed by atoms with van der Waals surface area (Å²) < 4.78 is 25.9. The van der Waals surface area contributed by atoms with Gasteiger partial charge in [-0.1, -0.05) is 17.7 Å². The fourth-order valence-electron chi connectivity index (χ4n) is 1.75. The predicted octanol–water partition coefficient (Wildman–Crippen LogP) is 1.55. The smallest absolute Gasteiger partial charge is 0.243 e. The van der Waals surface area contributed by atoms with E-state index in [0.717, 1.165) is 5.56 Å². The maximum Gasteiger partial charge on any atom is 0.243 e. The molecule has 6 heteroatoms. The average Bonchev–Trinajstić information content (AvgIpc) is 2.38. The van der Waals surface area contributed by atoms with Crippen molar-refractivity contribution in [2.75, 3.05) is 7.05 Å². The van der Waals surface area contributed by atoms with Crippen molar-refractivity contribution < 1.29 is 18.0 Å². The fraction of sp³-hybridized carbons (Fsp3) is 0.429. The van der Waals surface area contributed by atoms with E-state index >= 15 is 0 Å². The van der Waals surface area contributed by atoms with Crippen LogP contribution in [-0.2, 0) is 19.6 Å². The van der Waals surface area contributed by atoms with Crippen LogP contribution in [0.2, 0.25) is 0 Å². The van der Waals surface area contributed by atoms with Crippen LogP contribution >= 0.6 is 0 Å². The molecule has 20 heavy (non-hydrogen) atoms. The van der Waals surface area contributed by atoms with Crippen LogP contribution < -0.4 is 0 Å². The maximum absolute atomic E-state index is 12.4. The number of carbonyl (C=O) groups excluding carboxylic acids is 2. The highest BCUT2D eigenvalue weighted by atomic mass is 32.2. The Morgan fingerprint density at radius 2 is 1.85 bits per heavy atom. The number of carbonyl (C=O) groups is 2. The van der Waals surface area contributed by atoms with E-state index in [2.05, 4.69) is 0 Å². The number of ketones is 1. The van der Waals surface area contributed by atoms with Crippen molar-refractivity contribution in [1.82, 2.24) is 4.31 Å². The first-order chi connectivity index (χ1) is 9.28. The number of sulfonamides is 1. The second kappa shape index (κ2) is 6.76. The average molecular weight is 297 g/mol. The Labute approximate surface area is 119 Å². The highest BCUT2D eigenvalue weighted by Crippen LogP contribution is 2.18. The molecule has 0 heterocycles. The van der Waals surface area contributed by atoms with E-state index < -0.39 is 16.1 Å². The normalized spacial score (nSPS) is 13.2. The van der Waals surface area contributed by atoms with Gasteiger partial charge in [0, 0.05) is 19.5 Å². The summed E-state index contributed by atoms with van der Waals surface area (Å²) in [6.45, 7) is 3.52. The lowest BCUT2D eigenvalue weighted by atomic mass is 10.1. The number of hydrogen-bond donors (Lipinski definition) is 0. The largest absolute Gasteiger partial charge is 0.303 e. The molecule has 1 atom stereocenters. The third-order valence-electron chi connectivity index (χ3n) is 3.15. The molecule has 0 saturated heterocycles. The number of nitrogens with zero attached hydrogens (tertiary/aromatic N) is 1. The molecule has 0 amide bonds. The molecular weight excluding hydrogens is 278 g/mol. The van der Waals surface area contributed by atoms with Gasteiger partial charge in [-0.15, -0.1) is 0 Å². The molecule has 0 saturated carbocycles. The summed E-state index contributed by atoms with van der Waals surface area (Å²) in [5, 5.41) is 0. The second-order valence-corrected chi connectivity index (χ2v) is 6.79. The molecule has 1 aromatic carbocycles. The fourth-order valence-corrected chi connectivity index (χ4v) is 3.11. The van der Waals surface area contributed by atoms with E-state index in [4.69, 9.17) is 0 Å². The summed E-state index contributed by atoms with van der Waals surface area (Å²) in [4.78, 5) is 21.9. The zero-order valence-electron chi connectivity index (χ0n) is 11.9. The van der Waals surface area contributed by atoms with Crippen LogP contribution in [0.25, 0.3) is 0 Å². The standard InChI is InChI=1S/C14H19NO4S/c1-11-4-6-14(7-5-11)20(18,19)15(3)12(2)10-13(17)8-9-16/h4-7,9,12H,8,10H2,1-3H3/t12-/m0/s1. The maximum atomic E-state index is 12.4. The van der Waals surface area contributed by atoms with Crippen LogP contribution in [0.1, 0.15) is 25.3 Å². The van der Waals surface area contributed by atoms with Gasteiger partial charge in [0.15, 0.2) is 0 Å². The van der Waals surface area contributed by atoms with E-state index in [1.54, 1.807) is 31.2 Å². The van der Waals surface area contributed by atoms with Crippen LogP contribution in [0.4, 0.5) is 0 Å². The molecule has 5 nitrogen and oxygen atoms in total. The van der Waals surface area contributed by atoms with Crippen molar-refractivity contribution in [3.63, 3.8) is 0 Å². The Morgan fingerprint density at radius 1 is 1.30 bits per heavy atom. The summed E-state index contributed by atoms with van der Waals surface area (Å²) in [5.41, 5.74) is 0.973. The topological polar surface area (TPSA) is 71.5 Å². The van der Waals surface area contributed by atoms with Gasteiger partial charge in [0.05, 0.1) is 11.3 Å². The third-order valence-corrected chi connectivity index (χ3v) is 5.14. The Balaban J connectivity index is 2.88. The second-order valence-electron chi connectivity index (χ2n) is 4.80. The first-order valence-electron chi connectivity index (χ1n) is 6.29.